The highest BCUT2D eigenvalue weighted by molar-refractivity contribution is 9.10. The molecule has 0 nitrogen and oxygen atoms in total. The summed E-state index contributed by atoms with van der Waals surface area (Å²) in [6.07, 6.45) is 0. The maximum Gasteiger partial charge on any atom is 0.0211 e. The molecule has 0 bridgehead atoms. The maximum absolute atomic E-state index is 3.67. The zero-order valence-electron chi connectivity index (χ0n) is 11.8. The van der Waals surface area contributed by atoms with E-state index in [1.165, 1.54) is 25.9 Å². The second-order valence-electron chi connectivity index (χ2n) is 4.89. The van der Waals surface area contributed by atoms with Crippen LogP contribution in [-0.4, -0.2) is 0 Å². The van der Waals surface area contributed by atoms with E-state index < -0.39 is 7.92 Å². The van der Waals surface area contributed by atoms with Gasteiger partial charge in [-0.25, -0.2) is 0 Å². The highest BCUT2D eigenvalue weighted by atomic mass is 79.9. The number of hydrogen-bond donors (Lipinski definition) is 0. The predicted molar refractivity (Wildman–Crippen MR) is 97.6 cm³/mol. The summed E-state index contributed by atoms with van der Waals surface area (Å²) in [6.45, 7) is 2.20. The third-order valence-electron chi connectivity index (χ3n) is 3.51. The largest absolute Gasteiger partial charge is 0.0622 e. The first-order valence-corrected chi connectivity index (χ1v) is 9.06. The fourth-order valence-electron chi connectivity index (χ4n) is 2.42. The molecule has 0 heterocycles. The van der Waals surface area contributed by atoms with E-state index in [1.807, 2.05) is 0 Å². The third-order valence-corrected chi connectivity index (χ3v) is 6.96. The monoisotopic (exact) mass is 354 g/mol. The lowest BCUT2D eigenvalue weighted by Crippen LogP contribution is -2.22. The molecule has 21 heavy (non-hydrogen) atoms. The van der Waals surface area contributed by atoms with Crippen molar-refractivity contribution in [3.05, 3.63) is 88.9 Å². The molecule has 2 heteroatoms. The Bertz CT molecular complexity index is 684. The van der Waals surface area contributed by atoms with E-state index in [9.17, 15) is 0 Å². The summed E-state index contributed by atoms with van der Waals surface area (Å²) < 4.78 is 1.18. The van der Waals surface area contributed by atoms with Crippen LogP contribution in [0.2, 0.25) is 0 Å². The Hall–Kier alpha value is -1.43. The van der Waals surface area contributed by atoms with Crippen molar-refractivity contribution in [3.63, 3.8) is 0 Å². The average Bonchev–Trinajstić information content (AvgIpc) is 2.54. The Morgan fingerprint density at radius 3 is 1.71 bits per heavy atom. The fourth-order valence-corrected chi connectivity index (χ4v) is 5.43. The minimum absolute atomic E-state index is 0.513. The van der Waals surface area contributed by atoms with Crippen LogP contribution in [0.5, 0.6) is 0 Å². The van der Waals surface area contributed by atoms with Gasteiger partial charge in [-0.1, -0.05) is 88.7 Å². The van der Waals surface area contributed by atoms with Crippen LogP contribution in [0.15, 0.2) is 83.3 Å². The van der Waals surface area contributed by atoms with Crippen molar-refractivity contribution < 1.29 is 0 Å². The van der Waals surface area contributed by atoms with Gasteiger partial charge in [0.1, 0.15) is 0 Å². The van der Waals surface area contributed by atoms with Gasteiger partial charge in [-0.15, -0.1) is 0 Å². The van der Waals surface area contributed by atoms with Gasteiger partial charge in [0.05, 0.1) is 0 Å². The molecule has 0 fully saturated rings. The number of benzene rings is 3. The van der Waals surface area contributed by atoms with Gasteiger partial charge in [-0.3, -0.25) is 0 Å². The van der Waals surface area contributed by atoms with Gasteiger partial charge in [-0.05, 0) is 42.4 Å². The molecule has 0 aliphatic rings. The van der Waals surface area contributed by atoms with Gasteiger partial charge in [0.25, 0.3) is 0 Å². The second kappa shape index (κ2) is 6.56. The molecule has 3 rings (SSSR count). The maximum atomic E-state index is 3.67. The summed E-state index contributed by atoms with van der Waals surface area (Å²) in [5, 5.41) is 4.19. The van der Waals surface area contributed by atoms with Gasteiger partial charge in [0.15, 0.2) is 0 Å². The van der Waals surface area contributed by atoms with Crippen LogP contribution >= 0.6 is 23.9 Å². The van der Waals surface area contributed by atoms with Crippen molar-refractivity contribution in [1.29, 1.82) is 0 Å². The SMILES string of the molecule is Cc1c(Br)cccc1P(c1ccccc1)c1ccccc1. The summed E-state index contributed by atoms with van der Waals surface area (Å²) >= 11 is 3.67. The van der Waals surface area contributed by atoms with Crippen LogP contribution < -0.4 is 15.9 Å². The van der Waals surface area contributed by atoms with E-state index in [-0.39, 0.29) is 0 Å². The molecule has 3 aromatic rings. The molecule has 0 aromatic heterocycles. The first kappa shape index (κ1) is 14.5. The lowest BCUT2D eigenvalue weighted by Gasteiger charge is -2.21. The Morgan fingerprint density at radius 1 is 0.667 bits per heavy atom. The summed E-state index contributed by atoms with van der Waals surface area (Å²) in [6, 6.07) is 28.1. The van der Waals surface area contributed by atoms with Crippen LogP contribution in [-0.2, 0) is 0 Å². The molecule has 0 amide bonds. The Kier molecular flexibility index (Phi) is 4.53. The third kappa shape index (κ3) is 3.10. The molecule has 0 spiro atoms. The first-order valence-electron chi connectivity index (χ1n) is 6.93. The molecule has 0 aliphatic heterocycles. The van der Waals surface area contributed by atoms with Crippen LogP contribution in [0.4, 0.5) is 0 Å². The van der Waals surface area contributed by atoms with E-state index >= 15 is 0 Å². The highest BCUT2D eigenvalue weighted by Crippen LogP contribution is 2.35. The minimum Gasteiger partial charge on any atom is -0.0622 e. The molecule has 0 N–H and O–H groups in total. The highest BCUT2D eigenvalue weighted by Gasteiger charge is 2.18. The Labute approximate surface area is 135 Å². The molecule has 0 unspecified atom stereocenters. The van der Waals surface area contributed by atoms with Crippen molar-refractivity contribution in [2.75, 3.05) is 0 Å². The molecule has 0 saturated carbocycles. The van der Waals surface area contributed by atoms with Gasteiger partial charge >= 0.3 is 0 Å². The van der Waals surface area contributed by atoms with Gasteiger partial charge < -0.3 is 0 Å². The molecule has 0 atom stereocenters. The van der Waals surface area contributed by atoms with Crippen molar-refractivity contribution >= 4 is 39.8 Å². The zero-order chi connectivity index (χ0) is 14.7. The number of hydrogen-bond acceptors (Lipinski definition) is 0. The lowest BCUT2D eigenvalue weighted by molar-refractivity contribution is 1.47. The van der Waals surface area contributed by atoms with E-state index in [0.29, 0.717) is 0 Å². The topological polar surface area (TPSA) is 0 Å². The summed E-state index contributed by atoms with van der Waals surface area (Å²) in [7, 11) is -0.513. The van der Waals surface area contributed by atoms with Crippen molar-refractivity contribution in [1.82, 2.24) is 0 Å². The van der Waals surface area contributed by atoms with Gasteiger partial charge in [0, 0.05) is 4.47 Å². The second-order valence-corrected chi connectivity index (χ2v) is 7.93. The Balaban J connectivity index is 2.20. The summed E-state index contributed by atoms with van der Waals surface area (Å²) in [4.78, 5) is 0. The summed E-state index contributed by atoms with van der Waals surface area (Å²) in [5.41, 5.74) is 1.33. The van der Waals surface area contributed by atoms with E-state index in [4.69, 9.17) is 0 Å². The van der Waals surface area contributed by atoms with Crippen LogP contribution in [0.1, 0.15) is 5.56 Å². The van der Waals surface area contributed by atoms with Crippen LogP contribution in [0, 0.1) is 6.92 Å². The Morgan fingerprint density at radius 2 is 1.19 bits per heavy atom. The molecular formula is C19H16BrP. The minimum atomic E-state index is -0.513. The molecule has 0 saturated heterocycles. The molecular weight excluding hydrogens is 339 g/mol. The standard InChI is InChI=1S/C19H16BrP/c1-15-18(20)13-8-14-19(15)21(16-9-4-2-5-10-16)17-11-6-3-7-12-17/h2-14H,1H3. The van der Waals surface area contributed by atoms with Gasteiger partial charge in [-0.2, -0.15) is 0 Å². The average molecular weight is 355 g/mol. The van der Waals surface area contributed by atoms with E-state index in [1.54, 1.807) is 0 Å². The van der Waals surface area contributed by atoms with Crippen molar-refractivity contribution in [2.24, 2.45) is 0 Å². The zero-order valence-corrected chi connectivity index (χ0v) is 14.3. The lowest BCUT2D eigenvalue weighted by atomic mass is 10.2. The van der Waals surface area contributed by atoms with Crippen molar-refractivity contribution in [3.8, 4) is 0 Å². The van der Waals surface area contributed by atoms with E-state index in [0.717, 1.165) is 0 Å². The van der Waals surface area contributed by atoms with Crippen LogP contribution in [0.3, 0.4) is 0 Å². The van der Waals surface area contributed by atoms with Gasteiger partial charge in [0.2, 0.25) is 0 Å². The predicted octanol–water partition coefficient (Wildman–Crippen LogP) is 4.52. The van der Waals surface area contributed by atoms with Crippen molar-refractivity contribution in [2.45, 2.75) is 6.92 Å². The molecule has 3 aromatic carbocycles. The molecule has 104 valence electrons. The first-order chi connectivity index (χ1) is 10.3. The molecule has 0 radical (unpaired) electrons. The fraction of sp³-hybridized carbons (Fsp3) is 0.0526. The number of rotatable bonds is 3. The summed E-state index contributed by atoms with van der Waals surface area (Å²) in [5.74, 6) is 0. The van der Waals surface area contributed by atoms with Crippen LogP contribution in [0.25, 0.3) is 0 Å². The quantitative estimate of drug-likeness (QED) is 0.606. The normalized spacial score (nSPS) is 10.8. The number of halogens is 1. The molecule has 0 aliphatic carbocycles. The van der Waals surface area contributed by atoms with E-state index in [2.05, 4.69) is 102 Å². The smallest absolute Gasteiger partial charge is 0.0211 e.